The number of carbonyl (C=O) groups excluding carboxylic acids is 2. The summed E-state index contributed by atoms with van der Waals surface area (Å²) >= 11 is 0. The fourth-order valence-corrected chi connectivity index (χ4v) is 6.27. The number of likely N-dealkylation sites (tertiary alicyclic amines) is 1. The summed E-state index contributed by atoms with van der Waals surface area (Å²) in [6.07, 6.45) is 2.93. The van der Waals surface area contributed by atoms with Gasteiger partial charge in [-0.25, -0.2) is 0 Å². The third kappa shape index (κ3) is 7.95. The Hall–Kier alpha value is -4.82. The van der Waals surface area contributed by atoms with Crippen molar-refractivity contribution in [2.75, 3.05) is 13.6 Å². The molecule has 47 heavy (non-hydrogen) atoms. The zero-order valence-corrected chi connectivity index (χ0v) is 27.6. The highest BCUT2D eigenvalue weighted by Gasteiger charge is 2.41. The summed E-state index contributed by atoms with van der Waals surface area (Å²) < 4.78 is 12.1. The van der Waals surface area contributed by atoms with E-state index in [1.165, 1.54) is 5.56 Å². The number of ether oxygens (including phenoxy) is 1. The van der Waals surface area contributed by atoms with Crippen LogP contribution in [0.5, 0.6) is 0 Å². The molecule has 2 heterocycles. The van der Waals surface area contributed by atoms with Crippen LogP contribution in [0.15, 0.2) is 102 Å². The summed E-state index contributed by atoms with van der Waals surface area (Å²) in [7, 11) is 1.81. The number of nitrogens with zero attached hydrogens (tertiary/aromatic N) is 4. The largest absolute Gasteiger partial charge is 0.371 e. The topological polar surface area (TPSA) is 88.8 Å². The molecular formula is C39H42N4O4. The average Bonchev–Trinajstić information content (AvgIpc) is 3.71. The molecule has 1 aliphatic heterocycles. The van der Waals surface area contributed by atoms with Gasteiger partial charge < -0.3 is 19.1 Å². The van der Waals surface area contributed by atoms with Crippen molar-refractivity contribution < 1.29 is 18.8 Å². The first kappa shape index (κ1) is 32.1. The highest BCUT2D eigenvalue weighted by atomic mass is 16.5. The molecule has 5 aromatic rings. The number of aryl methyl sites for hydroxylation is 2. The molecule has 0 bridgehead atoms. The molecule has 2 amide bonds. The molecule has 242 valence electrons. The van der Waals surface area contributed by atoms with Gasteiger partial charge in [-0.1, -0.05) is 78.0 Å². The van der Waals surface area contributed by atoms with E-state index < -0.39 is 0 Å². The first-order chi connectivity index (χ1) is 22.6. The Kier molecular flexibility index (Phi) is 9.50. The van der Waals surface area contributed by atoms with Crippen molar-refractivity contribution in [1.29, 1.82) is 0 Å². The van der Waals surface area contributed by atoms with Crippen molar-refractivity contribution >= 4 is 22.6 Å². The molecule has 1 saturated heterocycles. The number of aromatic nitrogens is 2. The third-order valence-electron chi connectivity index (χ3n) is 8.46. The zero-order chi connectivity index (χ0) is 33.0. The average molecular weight is 631 g/mol. The van der Waals surface area contributed by atoms with Gasteiger partial charge in [-0.3, -0.25) is 9.59 Å². The van der Waals surface area contributed by atoms with Crippen LogP contribution in [0.3, 0.4) is 0 Å². The maximum atomic E-state index is 14.1. The molecule has 2 atom stereocenters. The first-order valence-corrected chi connectivity index (χ1v) is 16.3. The zero-order valence-electron chi connectivity index (χ0n) is 27.6. The van der Waals surface area contributed by atoms with Crippen molar-refractivity contribution in [3.63, 3.8) is 0 Å². The second-order valence-corrected chi connectivity index (χ2v) is 13.4. The maximum absolute atomic E-state index is 14.1. The predicted molar refractivity (Wildman–Crippen MR) is 182 cm³/mol. The standard InChI is InChI=1S/C39H42N4O4/c1-39(2,3)46-33-24-34(36-40-35(41-47-36)17-11-16-27-12-7-5-8-13-27)43(26-33)38(45)32-21-19-29-22-31(20-18-30(29)23-32)37(44)42(4)25-28-14-9-6-10-15-28/h5-10,12-15,18-23,33-34H,11,16-17,24-26H2,1-4H3/t33-,34+/m0/s1. The Morgan fingerprint density at radius 1 is 0.872 bits per heavy atom. The molecule has 1 aliphatic rings. The lowest BCUT2D eigenvalue weighted by atomic mass is 10.0. The fourth-order valence-electron chi connectivity index (χ4n) is 6.27. The molecule has 1 fully saturated rings. The van der Waals surface area contributed by atoms with Crippen LogP contribution in [-0.2, 0) is 24.1 Å². The van der Waals surface area contributed by atoms with E-state index in [1.54, 1.807) is 9.80 Å². The molecule has 0 radical (unpaired) electrons. The predicted octanol–water partition coefficient (Wildman–Crippen LogP) is 7.44. The molecule has 6 rings (SSSR count). The number of carbonyl (C=O) groups is 2. The summed E-state index contributed by atoms with van der Waals surface area (Å²) in [6, 6.07) is 31.1. The minimum absolute atomic E-state index is 0.0558. The highest BCUT2D eigenvalue weighted by molar-refractivity contribution is 6.02. The van der Waals surface area contributed by atoms with E-state index in [9.17, 15) is 9.59 Å². The van der Waals surface area contributed by atoms with Gasteiger partial charge in [-0.2, -0.15) is 4.98 Å². The van der Waals surface area contributed by atoms with Crippen molar-refractivity contribution in [2.24, 2.45) is 0 Å². The smallest absolute Gasteiger partial charge is 0.254 e. The van der Waals surface area contributed by atoms with Gasteiger partial charge in [0.25, 0.3) is 11.8 Å². The van der Waals surface area contributed by atoms with Crippen molar-refractivity contribution in [2.45, 2.75) is 70.7 Å². The molecule has 0 saturated carbocycles. The Labute approximate surface area is 276 Å². The molecule has 1 aromatic heterocycles. The minimum atomic E-state index is -0.388. The van der Waals surface area contributed by atoms with Crippen molar-refractivity contribution in [3.8, 4) is 0 Å². The van der Waals surface area contributed by atoms with Gasteiger partial charge in [0.1, 0.15) is 6.04 Å². The summed E-state index contributed by atoms with van der Waals surface area (Å²) in [5, 5.41) is 6.04. The summed E-state index contributed by atoms with van der Waals surface area (Å²) in [4.78, 5) is 35.5. The molecular weight excluding hydrogens is 588 g/mol. The van der Waals surface area contributed by atoms with Gasteiger partial charge >= 0.3 is 0 Å². The number of amides is 2. The van der Waals surface area contributed by atoms with Crippen LogP contribution in [0.25, 0.3) is 10.8 Å². The summed E-state index contributed by atoms with van der Waals surface area (Å²) in [6.45, 7) is 7.01. The van der Waals surface area contributed by atoms with Gasteiger partial charge in [-0.05, 0) is 79.8 Å². The van der Waals surface area contributed by atoms with Crippen LogP contribution >= 0.6 is 0 Å². The fraction of sp³-hybridized carbons (Fsp3) is 0.333. The van der Waals surface area contributed by atoms with E-state index in [4.69, 9.17) is 14.2 Å². The Bertz CT molecular complexity index is 1830. The number of rotatable bonds is 10. The number of benzene rings is 4. The van der Waals surface area contributed by atoms with E-state index in [0.717, 1.165) is 29.2 Å². The van der Waals surface area contributed by atoms with Crippen molar-refractivity contribution in [3.05, 3.63) is 131 Å². The van der Waals surface area contributed by atoms with Gasteiger partial charge in [0.2, 0.25) is 5.89 Å². The number of hydrogen-bond donors (Lipinski definition) is 0. The quantitative estimate of drug-likeness (QED) is 0.159. The van der Waals surface area contributed by atoms with Gasteiger partial charge in [0.15, 0.2) is 5.82 Å². The van der Waals surface area contributed by atoms with E-state index in [2.05, 4.69) is 17.3 Å². The summed E-state index contributed by atoms with van der Waals surface area (Å²) in [5.41, 5.74) is 3.15. The van der Waals surface area contributed by atoms with Crippen LogP contribution in [0.2, 0.25) is 0 Å². The van der Waals surface area contributed by atoms with E-state index in [-0.39, 0.29) is 29.6 Å². The van der Waals surface area contributed by atoms with E-state index >= 15 is 0 Å². The molecule has 0 spiro atoms. The highest BCUT2D eigenvalue weighted by Crippen LogP contribution is 2.36. The normalized spacial score (nSPS) is 16.5. The molecule has 0 aliphatic carbocycles. The van der Waals surface area contributed by atoms with E-state index in [0.29, 0.717) is 48.8 Å². The van der Waals surface area contributed by atoms with Crippen LogP contribution < -0.4 is 0 Å². The Morgan fingerprint density at radius 3 is 2.19 bits per heavy atom. The summed E-state index contributed by atoms with van der Waals surface area (Å²) in [5.74, 6) is 0.911. The second-order valence-electron chi connectivity index (χ2n) is 13.4. The Morgan fingerprint density at radius 2 is 1.51 bits per heavy atom. The number of hydrogen-bond acceptors (Lipinski definition) is 6. The SMILES string of the molecule is CN(Cc1ccccc1)C(=O)c1ccc2cc(C(=O)N3C[C@@H](OC(C)(C)C)C[C@@H]3c3nc(CCCc4ccccc4)no3)ccc2c1. The maximum Gasteiger partial charge on any atom is 0.254 e. The lowest BCUT2D eigenvalue weighted by molar-refractivity contribution is -0.0535. The molecule has 0 unspecified atom stereocenters. The first-order valence-electron chi connectivity index (χ1n) is 16.3. The molecule has 8 nitrogen and oxygen atoms in total. The van der Waals surface area contributed by atoms with E-state index in [1.807, 2.05) is 113 Å². The molecule has 0 N–H and O–H groups in total. The van der Waals surface area contributed by atoms with Gasteiger partial charge in [0, 0.05) is 44.1 Å². The number of fused-ring (bicyclic) bond motifs is 1. The van der Waals surface area contributed by atoms with Crippen LogP contribution in [0, 0.1) is 0 Å². The van der Waals surface area contributed by atoms with Crippen LogP contribution in [0.1, 0.15) is 83.2 Å². The van der Waals surface area contributed by atoms with Crippen LogP contribution in [-0.4, -0.2) is 57.1 Å². The van der Waals surface area contributed by atoms with Gasteiger partial charge in [-0.15, -0.1) is 0 Å². The van der Waals surface area contributed by atoms with Crippen molar-refractivity contribution in [1.82, 2.24) is 19.9 Å². The van der Waals surface area contributed by atoms with Gasteiger partial charge in [0.05, 0.1) is 11.7 Å². The molecule has 4 aromatic carbocycles. The minimum Gasteiger partial charge on any atom is -0.371 e. The Balaban J connectivity index is 1.18. The molecule has 8 heteroatoms. The monoisotopic (exact) mass is 630 g/mol. The van der Waals surface area contributed by atoms with Crippen LogP contribution in [0.4, 0.5) is 0 Å². The lowest BCUT2D eigenvalue weighted by Gasteiger charge is -2.25. The third-order valence-corrected chi connectivity index (χ3v) is 8.46. The lowest BCUT2D eigenvalue weighted by Crippen LogP contribution is -2.34. The second kappa shape index (κ2) is 13.9.